The van der Waals surface area contributed by atoms with E-state index in [9.17, 15) is 19.2 Å². The fourth-order valence-corrected chi connectivity index (χ4v) is 2.94. The Balaban J connectivity index is 2.35. The van der Waals surface area contributed by atoms with Gasteiger partial charge in [0, 0.05) is 17.5 Å². The van der Waals surface area contributed by atoms with Gasteiger partial charge < -0.3 is 20.5 Å². The summed E-state index contributed by atoms with van der Waals surface area (Å²) in [5, 5.41) is 3.23. The molecule has 28 heavy (non-hydrogen) atoms. The van der Waals surface area contributed by atoms with E-state index in [2.05, 4.69) is 19.8 Å². The topological polar surface area (TPSA) is 138 Å². The Morgan fingerprint density at radius 3 is 2.21 bits per heavy atom. The monoisotopic (exact) mass is 387 g/mol. The molecule has 1 heterocycles. The number of para-hydroxylation sites is 1. The molecule has 2 rings (SSSR count). The summed E-state index contributed by atoms with van der Waals surface area (Å²) in [6.07, 6.45) is 1.54. The molecule has 0 unspecified atom stereocenters. The molecule has 0 bridgehead atoms. The fraction of sp³-hybridized carbons (Fsp3) is 0.316. The molecule has 0 saturated carbocycles. The minimum atomic E-state index is -1.43. The van der Waals surface area contributed by atoms with Gasteiger partial charge in [0.25, 0.3) is 5.91 Å². The molecule has 0 aliphatic carbocycles. The van der Waals surface area contributed by atoms with E-state index in [4.69, 9.17) is 5.73 Å². The van der Waals surface area contributed by atoms with Crippen LogP contribution in [0.15, 0.2) is 36.5 Å². The van der Waals surface area contributed by atoms with Crippen molar-refractivity contribution in [2.45, 2.75) is 13.0 Å². The number of esters is 2. The first-order valence-electron chi connectivity index (χ1n) is 8.41. The molecule has 9 heteroatoms. The standard InChI is InChI=1S/C19H21N3O6/c1-10(13(18(25)27-2)19(26)28-3)14(16(20)23)22-17(24)12-8-4-6-11-7-5-9-21-15(11)12/h4-10,13-14H,1-3H3,(H2,20,23)(H,22,24)/t10-,14+/m0/s1. The van der Waals surface area contributed by atoms with Crippen molar-refractivity contribution in [2.24, 2.45) is 17.6 Å². The number of fused-ring (bicyclic) bond motifs is 1. The predicted octanol–water partition coefficient (Wildman–Crippen LogP) is 0.417. The summed E-state index contributed by atoms with van der Waals surface area (Å²) < 4.78 is 9.24. The minimum Gasteiger partial charge on any atom is -0.468 e. The van der Waals surface area contributed by atoms with Gasteiger partial charge >= 0.3 is 11.9 Å². The lowest BCUT2D eigenvalue weighted by molar-refractivity contribution is -0.161. The van der Waals surface area contributed by atoms with Gasteiger partial charge in [0.15, 0.2) is 5.92 Å². The van der Waals surface area contributed by atoms with Crippen LogP contribution in [-0.2, 0) is 23.9 Å². The molecule has 1 aromatic heterocycles. The molecule has 1 aromatic carbocycles. The van der Waals surface area contributed by atoms with Crippen LogP contribution in [0, 0.1) is 11.8 Å². The van der Waals surface area contributed by atoms with Gasteiger partial charge in [0.1, 0.15) is 6.04 Å². The second-order valence-corrected chi connectivity index (χ2v) is 6.12. The van der Waals surface area contributed by atoms with Gasteiger partial charge in [-0.3, -0.25) is 24.2 Å². The number of hydrogen-bond acceptors (Lipinski definition) is 7. The molecule has 3 N–H and O–H groups in total. The maximum atomic E-state index is 12.8. The number of carbonyl (C=O) groups is 4. The largest absolute Gasteiger partial charge is 0.468 e. The second kappa shape index (κ2) is 8.94. The maximum Gasteiger partial charge on any atom is 0.320 e. The van der Waals surface area contributed by atoms with E-state index in [1.807, 2.05) is 0 Å². The van der Waals surface area contributed by atoms with Crippen LogP contribution in [0.5, 0.6) is 0 Å². The molecule has 0 saturated heterocycles. The van der Waals surface area contributed by atoms with Crippen LogP contribution in [0.4, 0.5) is 0 Å². The van der Waals surface area contributed by atoms with Crippen LogP contribution < -0.4 is 11.1 Å². The first kappa shape index (κ1) is 20.8. The van der Waals surface area contributed by atoms with Crippen LogP contribution in [0.25, 0.3) is 10.9 Å². The molecule has 0 fully saturated rings. The molecule has 0 radical (unpaired) electrons. The summed E-state index contributed by atoms with van der Waals surface area (Å²) in [6.45, 7) is 1.43. The number of carbonyl (C=O) groups excluding carboxylic acids is 4. The highest BCUT2D eigenvalue weighted by molar-refractivity contribution is 6.07. The van der Waals surface area contributed by atoms with Gasteiger partial charge in [0.2, 0.25) is 5.91 Å². The number of nitrogens with zero attached hydrogens (tertiary/aromatic N) is 1. The molecule has 2 aromatic rings. The Kier molecular flexibility index (Phi) is 6.64. The lowest BCUT2D eigenvalue weighted by Crippen LogP contribution is -2.52. The lowest BCUT2D eigenvalue weighted by Gasteiger charge is -2.26. The average molecular weight is 387 g/mol. The van der Waals surface area contributed by atoms with Crippen molar-refractivity contribution >= 4 is 34.7 Å². The zero-order valence-electron chi connectivity index (χ0n) is 15.7. The van der Waals surface area contributed by atoms with Crippen LogP contribution in [0.3, 0.4) is 0 Å². The molecule has 148 valence electrons. The third-order valence-corrected chi connectivity index (χ3v) is 4.43. The quantitative estimate of drug-likeness (QED) is 0.518. The number of primary amides is 1. The molecule has 9 nitrogen and oxygen atoms in total. The Labute approximate surface area is 161 Å². The number of ether oxygens (including phenoxy) is 2. The highest BCUT2D eigenvalue weighted by atomic mass is 16.5. The van der Waals surface area contributed by atoms with Gasteiger partial charge in [-0.25, -0.2) is 0 Å². The third-order valence-electron chi connectivity index (χ3n) is 4.43. The summed E-state index contributed by atoms with van der Waals surface area (Å²) in [5.41, 5.74) is 6.09. The van der Waals surface area contributed by atoms with Gasteiger partial charge in [-0.15, -0.1) is 0 Å². The lowest BCUT2D eigenvalue weighted by atomic mass is 9.86. The summed E-state index contributed by atoms with van der Waals surface area (Å²) in [4.78, 5) is 53.0. The number of hydrogen-bond donors (Lipinski definition) is 2. The van der Waals surface area contributed by atoms with Crippen LogP contribution in [-0.4, -0.2) is 49.0 Å². The highest BCUT2D eigenvalue weighted by Gasteiger charge is 2.41. The fourth-order valence-electron chi connectivity index (χ4n) is 2.94. The number of nitrogens with two attached hydrogens (primary N) is 1. The Morgan fingerprint density at radius 1 is 1.04 bits per heavy atom. The van der Waals surface area contributed by atoms with Crippen molar-refractivity contribution in [3.63, 3.8) is 0 Å². The molecule has 2 amide bonds. The van der Waals surface area contributed by atoms with Crippen molar-refractivity contribution in [1.82, 2.24) is 10.3 Å². The number of methoxy groups -OCH3 is 2. The SMILES string of the molecule is COC(=O)C(C(=O)OC)[C@H](C)[C@@H](NC(=O)c1cccc2cccnc12)C(N)=O. The zero-order chi connectivity index (χ0) is 20.8. The predicted molar refractivity (Wildman–Crippen MR) is 98.9 cm³/mol. The van der Waals surface area contributed by atoms with Gasteiger partial charge in [-0.2, -0.15) is 0 Å². The second-order valence-electron chi connectivity index (χ2n) is 6.12. The van der Waals surface area contributed by atoms with Crippen molar-refractivity contribution in [3.8, 4) is 0 Å². The normalized spacial score (nSPS) is 12.9. The van der Waals surface area contributed by atoms with Gasteiger partial charge in [0.05, 0.1) is 25.3 Å². The van der Waals surface area contributed by atoms with Crippen molar-refractivity contribution < 1.29 is 28.7 Å². The number of aromatic nitrogens is 1. The first-order valence-corrected chi connectivity index (χ1v) is 8.41. The van der Waals surface area contributed by atoms with E-state index in [0.29, 0.717) is 5.52 Å². The number of amides is 2. The Hall–Kier alpha value is -3.49. The summed E-state index contributed by atoms with van der Waals surface area (Å²) in [5.74, 6) is -5.76. The molecule has 0 aliphatic rings. The van der Waals surface area contributed by atoms with E-state index in [-0.39, 0.29) is 5.56 Å². The number of pyridine rings is 1. The third kappa shape index (κ3) is 4.25. The minimum absolute atomic E-state index is 0.226. The van der Waals surface area contributed by atoms with Crippen LogP contribution in [0.1, 0.15) is 17.3 Å². The summed E-state index contributed by atoms with van der Waals surface area (Å²) >= 11 is 0. The highest BCUT2D eigenvalue weighted by Crippen LogP contribution is 2.21. The summed E-state index contributed by atoms with van der Waals surface area (Å²) in [7, 11) is 2.20. The van der Waals surface area contributed by atoms with E-state index in [1.54, 1.807) is 30.3 Å². The molecular formula is C19H21N3O6. The zero-order valence-corrected chi connectivity index (χ0v) is 15.7. The number of nitrogens with one attached hydrogen (secondary N) is 1. The molecule has 0 spiro atoms. The van der Waals surface area contributed by atoms with Crippen molar-refractivity contribution in [2.75, 3.05) is 14.2 Å². The summed E-state index contributed by atoms with van der Waals surface area (Å²) in [6, 6.07) is 7.21. The van der Waals surface area contributed by atoms with Crippen LogP contribution in [0.2, 0.25) is 0 Å². The van der Waals surface area contributed by atoms with E-state index in [0.717, 1.165) is 19.6 Å². The smallest absolute Gasteiger partial charge is 0.320 e. The molecule has 2 atom stereocenters. The number of benzene rings is 1. The van der Waals surface area contributed by atoms with Crippen molar-refractivity contribution in [1.29, 1.82) is 0 Å². The Bertz CT molecular complexity index is 892. The van der Waals surface area contributed by atoms with Gasteiger partial charge in [-0.1, -0.05) is 25.1 Å². The Morgan fingerprint density at radius 2 is 1.64 bits per heavy atom. The van der Waals surface area contributed by atoms with E-state index >= 15 is 0 Å². The average Bonchev–Trinajstić information content (AvgIpc) is 2.70. The molecular weight excluding hydrogens is 366 g/mol. The van der Waals surface area contributed by atoms with E-state index in [1.165, 1.54) is 13.1 Å². The molecule has 0 aliphatic heterocycles. The van der Waals surface area contributed by atoms with Crippen LogP contribution >= 0.6 is 0 Å². The van der Waals surface area contributed by atoms with Crippen molar-refractivity contribution in [3.05, 3.63) is 42.1 Å². The van der Waals surface area contributed by atoms with E-state index < -0.39 is 41.6 Å². The number of rotatable bonds is 7. The maximum absolute atomic E-state index is 12.8. The first-order chi connectivity index (χ1) is 13.3. The van der Waals surface area contributed by atoms with Gasteiger partial charge in [-0.05, 0) is 12.1 Å².